The molecule has 0 aliphatic heterocycles. The Balaban J connectivity index is 2.16. The maximum absolute atomic E-state index is 11.9. The number of ether oxygens (including phenoxy) is 1. The highest BCUT2D eigenvalue weighted by Gasteiger charge is 2.08. The largest absolute Gasteiger partial charge is 0.457 e. The zero-order chi connectivity index (χ0) is 16.7. The molecule has 2 aromatic rings. The Morgan fingerprint density at radius 1 is 0.783 bits per heavy atom. The van der Waals surface area contributed by atoms with Crippen molar-refractivity contribution in [3.63, 3.8) is 0 Å². The number of carbonyl (C=O) groups is 2. The number of Topliss-reactive ketones (excluding diaryl/α,β-unsaturated/α-hetero) is 2. The van der Waals surface area contributed by atoms with E-state index >= 15 is 0 Å². The van der Waals surface area contributed by atoms with Gasteiger partial charge in [-0.05, 0) is 37.4 Å². The van der Waals surface area contributed by atoms with Crippen LogP contribution in [-0.4, -0.2) is 24.7 Å². The first kappa shape index (κ1) is 16.9. The van der Waals surface area contributed by atoms with Crippen molar-refractivity contribution >= 4 is 11.6 Å². The molecule has 0 bridgehead atoms. The zero-order valence-corrected chi connectivity index (χ0v) is 12.8. The molecule has 0 atom stereocenters. The minimum atomic E-state index is -0.0233. The molecule has 5 nitrogen and oxygen atoms in total. The molecule has 0 aliphatic rings. The van der Waals surface area contributed by atoms with E-state index < -0.39 is 0 Å². The fraction of sp³-hybridized carbons (Fsp3) is 0.222. The third-order valence-electron chi connectivity index (χ3n) is 3.29. The van der Waals surface area contributed by atoms with Gasteiger partial charge in [0.1, 0.15) is 11.5 Å². The lowest BCUT2D eigenvalue weighted by Crippen LogP contribution is -2.08. The highest BCUT2D eigenvalue weighted by atomic mass is 16.5. The summed E-state index contributed by atoms with van der Waals surface area (Å²) < 4.78 is 5.75. The van der Waals surface area contributed by atoms with E-state index in [0.717, 1.165) is 0 Å². The van der Waals surface area contributed by atoms with Gasteiger partial charge in [-0.2, -0.15) is 0 Å². The van der Waals surface area contributed by atoms with Crippen molar-refractivity contribution < 1.29 is 14.3 Å². The SMILES string of the molecule is NCCC(=O)c1cccc(Oc2cccc(C(=O)CCN)c2)c1. The Bertz CT molecular complexity index is 639. The minimum absolute atomic E-state index is 0.0233. The second kappa shape index (κ2) is 8.22. The summed E-state index contributed by atoms with van der Waals surface area (Å²) in [6.45, 7) is 0.629. The molecular formula is C18H20N2O3. The van der Waals surface area contributed by atoms with E-state index in [0.29, 0.717) is 48.6 Å². The number of benzene rings is 2. The molecule has 2 aromatic carbocycles. The van der Waals surface area contributed by atoms with E-state index in [9.17, 15) is 9.59 Å². The predicted octanol–water partition coefficient (Wildman–Crippen LogP) is 2.54. The molecule has 0 spiro atoms. The topological polar surface area (TPSA) is 95.4 Å². The van der Waals surface area contributed by atoms with Crippen LogP contribution in [0, 0.1) is 0 Å². The highest BCUT2D eigenvalue weighted by molar-refractivity contribution is 5.97. The van der Waals surface area contributed by atoms with Gasteiger partial charge in [-0.1, -0.05) is 24.3 Å². The maximum Gasteiger partial charge on any atom is 0.164 e. The fourth-order valence-electron chi connectivity index (χ4n) is 2.15. The van der Waals surface area contributed by atoms with Gasteiger partial charge in [0.25, 0.3) is 0 Å². The van der Waals surface area contributed by atoms with Gasteiger partial charge in [-0.25, -0.2) is 0 Å². The van der Waals surface area contributed by atoms with Gasteiger partial charge in [0.05, 0.1) is 0 Å². The number of hydrogen-bond acceptors (Lipinski definition) is 5. The summed E-state index contributed by atoms with van der Waals surface area (Å²) in [5.74, 6) is 1.03. The van der Waals surface area contributed by atoms with Crippen LogP contribution in [0.5, 0.6) is 11.5 Å². The van der Waals surface area contributed by atoms with Gasteiger partial charge in [0.2, 0.25) is 0 Å². The van der Waals surface area contributed by atoms with Crippen LogP contribution < -0.4 is 16.2 Å². The average molecular weight is 312 g/mol. The number of nitrogens with two attached hydrogens (primary N) is 2. The van der Waals surface area contributed by atoms with E-state index in [4.69, 9.17) is 16.2 Å². The molecule has 0 saturated heterocycles. The lowest BCUT2D eigenvalue weighted by Gasteiger charge is -2.08. The number of hydrogen-bond donors (Lipinski definition) is 2. The lowest BCUT2D eigenvalue weighted by molar-refractivity contribution is 0.0977. The van der Waals surface area contributed by atoms with Gasteiger partial charge < -0.3 is 16.2 Å². The van der Waals surface area contributed by atoms with Crippen LogP contribution in [0.1, 0.15) is 33.6 Å². The summed E-state index contributed by atoms with van der Waals surface area (Å²) in [5.41, 5.74) is 11.9. The summed E-state index contributed by atoms with van der Waals surface area (Å²) in [6, 6.07) is 13.8. The van der Waals surface area contributed by atoms with Crippen molar-refractivity contribution in [1.29, 1.82) is 0 Å². The first-order valence-electron chi connectivity index (χ1n) is 7.48. The molecule has 23 heavy (non-hydrogen) atoms. The molecule has 4 N–H and O–H groups in total. The van der Waals surface area contributed by atoms with Crippen molar-refractivity contribution in [1.82, 2.24) is 0 Å². The maximum atomic E-state index is 11.9. The van der Waals surface area contributed by atoms with Crippen LogP contribution in [0.15, 0.2) is 48.5 Å². The van der Waals surface area contributed by atoms with E-state index in [2.05, 4.69) is 0 Å². The molecule has 5 heteroatoms. The van der Waals surface area contributed by atoms with E-state index in [1.165, 1.54) is 0 Å². The number of carbonyl (C=O) groups excluding carboxylic acids is 2. The molecule has 120 valence electrons. The fourth-order valence-corrected chi connectivity index (χ4v) is 2.15. The summed E-state index contributed by atoms with van der Waals surface area (Å²) in [6.07, 6.45) is 0.596. The normalized spacial score (nSPS) is 10.3. The van der Waals surface area contributed by atoms with Gasteiger partial charge >= 0.3 is 0 Å². The molecule has 2 rings (SSSR count). The minimum Gasteiger partial charge on any atom is -0.457 e. The molecule has 0 fully saturated rings. The highest BCUT2D eigenvalue weighted by Crippen LogP contribution is 2.24. The van der Waals surface area contributed by atoms with E-state index in [1.54, 1.807) is 48.5 Å². The van der Waals surface area contributed by atoms with Crippen LogP contribution in [0.25, 0.3) is 0 Å². The predicted molar refractivity (Wildman–Crippen MR) is 89.0 cm³/mol. The molecule has 0 amide bonds. The Kier molecular flexibility index (Phi) is 6.02. The molecule has 0 unspecified atom stereocenters. The first-order valence-corrected chi connectivity index (χ1v) is 7.48. The average Bonchev–Trinajstić information content (AvgIpc) is 2.56. The van der Waals surface area contributed by atoms with Crippen LogP contribution in [0.4, 0.5) is 0 Å². The Morgan fingerprint density at radius 2 is 1.22 bits per heavy atom. The van der Waals surface area contributed by atoms with Crippen LogP contribution in [-0.2, 0) is 0 Å². The van der Waals surface area contributed by atoms with Crippen molar-refractivity contribution in [2.75, 3.05) is 13.1 Å². The molecule has 0 heterocycles. The summed E-state index contributed by atoms with van der Waals surface area (Å²) in [7, 11) is 0. The smallest absolute Gasteiger partial charge is 0.164 e. The van der Waals surface area contributed by atoms with Crippen molar-refractivity contribution in [3.05, 3.63) is 59.7 Å². The third-order valence-corrected chi connectivity index (χ3v) is 3.29. The van der Waals surface area contributed by atoms with Crippen LogP contribution in [0.2, 0.25) is 0 Å². The number of rotatable bonds is 8. The molecule has 0 aliphatic carbocycles. The quantitative estimate of drug-likeness (QED) is 0.730. The van der Waals surface area contributed by atoms with Crippen molar-refractivity contribution in [2.45, 2.75) is 12.8 Å². The van der Waals surface area contributed by atoms with Crippen LogP contribution in [0.3, 0.4) is 0 Å². The molecule has 0 aromatic heterocycles. The summed E-state index contributed by atoms with van der Waals surface area (Å²) in [4.78, 5) is 23.7. The van der Waals surface area contributed by atoms with Crippen LogP contribution >= 0.6 is 0 Å². The molecular weight excluding hydrogens is 292 g/mol. The Labute approximate surface area is 135 Å². The zero-order valence-electron chi connectivity index (χ0n) is 12.8. The second-order valence-corrected chi connectivity index (χ2v) is 5.08. The Hall–Kier alpha value is -2.50. The van der Waals surface area contributed by atoms with Crippen molar-refractivity contribution in [3.8, 4) is 11.5 Å². The molecule has 0 radical (unpaired) electrons. The number of ketones is 2. The van der Waals surface area contributed by atoms with E-state index in [1.807, 2.05) is 0 Å². The molecule has 0 saturated carbocycles. The third kappa shape index (κ3) is 4.74. The van der Waals surface area contributed by atoms with Crippen molar-refractivity contribution in [2.24, 2.45) is 11.5 Å². The van der Waals surface area contributed by atoms with Gasteiger partial charge in [-0.15, -0.1) is 0 Å². The van der Waals surface area contributed by atoms with Gasteiger partial charge in [0.15, 0.2) is 11.6 Å². The first-order chi connectivity index (χ1) is 11.1. The van der Waals surface area contributed by atoms with Gasteiger partial charge in [-0.3, -0.25) is 9.59 Å². The van der Waals surface area contributed by atoms with E-state index in [-0.39, 0.29) is 11.6 Å². The lowest BCUT2D eigenvalue weighted by atomic mass is 10.1. The summed E-state index contributed by atoms with van der Waals surface area (Å²) in [5, 5.41) is 0. The Morgan fingerprint density at radius 3 is 1.61 bits per heavy atom. The monoisotopic (exact) mass is 312 g/mol. The standard InChI is InChI=1S/C18H20N2O3/c19-9-7-17(21)13-3-1-5-15(11-13)23-16-6-2-4-14(12-16)18(22)8-10-20/h1-6,11-12H,7-10,19-20H2. The summed E-state index contributed by atoms with van der Waals surface area (Å²) >= 11 is 0. The van der Waals surface area contributed by atoms with Gasteiger partial charge in [0, 0.05) is 24.0 Å². The second-order valence-electron chi connectivity index (χ2n) is 5.08.